The van der Waals surface area contributed by atoms with Crippen LogP contribution in [0.5, 0.6) is 5.75 Å². The van der Waals surface area contributed by atoms with Crippen LogP contribution in [0.4, 0.5) is 5.69 Å². The minimum absolute atomic E-state index is 0.104. The predicted molar refractivity (Wildman–Crippen MR) is 106 cm³/mol. The largest absolute Gasteiger partial charge is 0.492 e. The van der Waals surface area contributed by atoms with Crippen LogP contribution in [0.1, 0.15) is 52.9 Å². The van der Waals surface area contributed by atoms with Gasteiger partial charge in [-0.05, 0) is 70.0 Å². The lowest BCUT2D eigenvalue weighted by atomic mass is 10.0. The van der Waals surface area contributed by atoms with Crippen molar-refractivity contribution in [3.63, 3.8) is 0 Å². The molecule has 1 fully saturated rings. The third-order valence-corrected chi connectivity index (χ3v) is 5.02. The van der Waals surface area contributed by atoms with Gasteiger partial charge in [-0.15, -0.1) is 0 Å². The van der Waals surface area contributed by atoms with Crippen molar-refractivity contribution < 1.29 is 14.3 Å². The number of rotatable bonds is 10. The van der Waals surface area contributed by atoms with Gasteiger partial charge in [0.2, 0.25) is 0 Å². The van der Waals surface area contributed by atoms with Crippen LogP contribution < -0.4 is 10.1 Å². The number of likely N-dealkylation sites (tertiary alicyclic amines) is 1. The fourth-order valence-electron chi connectivity index (χ4n) is 3.03. The number of hydrogen-bond donors (Lipinski definition) is 1. The monoisotopic (exact) mass is 362 g/mol. The molecule has 1 amide bonds. The Balaban J connectivity index is 1.79. The summed E-state index contributed by atoms with van der Waals surface area (Å²) in [6.45, 7) is 10.5. The minimum atomic E-state index is -0.792. The molecule has 0 bridgehead atoms. The Morgan fingerprint density at radius 3 is 2.42 bits per heavy atom. The maximum Gasteiger partial charge on any atom is 0.256 e. The van der Waals surface area contributed by atoms with Gasteiger partial charge in [0.15, 0.2) is 0 Å². The molecule has 1 unspecified atom stereocenters. The van der Waals surface area contributed by atoms with Gasteiger partial charge in [-0.25, -0.2) is 0 Å². The summed E-state index contributed by atoms with van der Waals surface area (Å²) < 4.78 is 11.6. The van der Waals surface area contributed by atoms with E-state index in [0.29, 0.717) is 19.6 Å². The standard InChI is InChI=1S/C21H34N2O3/c1-4-16-26-21(3,5-2)20(24)22-18-9-11-19(12-10-18)25-17-15-23-13-7-6-8-14-23/h9-12H,4-8,13-17H2,1-3H3,(H,22,24). The van der Waals surface area contributed by atoms with Crippen molar-refractivity contribution in [1.82, 2.24) is 4.90 Å². The van der Waals surface area contributed by atoms with Crippen LogP contribution in [0, 0.1) is 0 Å². The first kappa shape index (κ1) is 20.7. The molecule has 5 nitrogen and oxygen atoms in total. The molecule has 5 heteroatoms. The van der Waals surface area contributed by atoms with E-state index in [1.54, 1.807) is 0 Å². The van der Waals surface area contributed by atoms with Crippen LogP contribution >= 0.6 is 0 Å². The number of piperidine rings is 1. The van der Waals surface area contributed by atoms with Gasteiger partial charge >= 0.3 is 0 Å². The first-order valence-corrected chi connectivity index (χ1v) is 9.98. The average Bonchev–Trinajstić information content (AvgIpc) is 2.68. The molecular weight excluding hydrogens is 328 g/mol. The molecule has 1 atom stereocenters. The quantitative estimate of drug-likeness (QED) is 0.681. The van der Waals surface area contributed by atoms with Crippen LogP contribution in [0.15, 0.2) is 24.3 Å². The highest BCUT2D eigenvalue weighted by Crippen LogP contribution is 2.21. The van der Waals surface area contributed by atoms with E-state index >= 15 is 0 Å². The number of anilines is 1. The SMILES string of the molecule is CCCOC(C)(CC)C(=O)Nc1ccc(OCCN2CCCCC2)cc1. The van der Waals surface area contributed by atoms with Crippen molar-refractivity contribution in [3.8, 4) is 5.75 Å². The van der Waals surface area contributed by atoms with Crippen LogP contribution in [0.2, 0.25) is 0 Å². The fourth-order valence-corrected chi connectivity index (χ4v) is 3.03. The molecule has 1 aromatic rings. The van der Waals surface area contributed by atoms with Crippen molar-refractivity contribution in [2.75, 3.05) is 38.2 Å². The molecule has 2 rings (SSSR count). The molecule has 0 aliphatic carbocycles. The fraction of sp³-hybridized carbons (Fsp3) is 0.667. The molecule has 0 aromatic heterocycles. The van der Waals surface area contributed by atoms with Gasteiger partial charge in [0.1, 0.15) is 18.0 Å². The number of ether oxygens (including phenoxy) is 2. The Bertz CT molecular complexity index is 541. The molecule has 1 N–H and O–H groups in total. The summed E-state index contributed by atoms with van der Waals surface area (Å²) in [7, 11) is 0. The molecule has 0 spiro atoms. The van der Waals surface area contributed by atoms with Gasteiger partial charge in [0.05, 0.1) is 0 Å². The number of nitrogens with one attached hydrogen (secondary N) is 1. The molecule has 1 aromatic carbocycles. The zero-order valence-corrected chi connectivity index (χ0v) is 16.6. The van der Waals surface area contributed by atoms with E-state index in [-0.39, 0.29) is 5.91 Å². The maximum absolute atomic E-state index is 12.5. The van der Waals surface area contributed by atoms with Crippen LogP contribution in [0.25, 0.3) is 0 Å². The Hall–Kier alpha value is -1.59. The molecular formula is C21H34N2O3. The van der Waals surface area contributed by atoms with Crippen LogP contribution in [-0.2, 0) is 9.53 Å². The van der Waals surface area contributed by atoms with Crippen LogP contribution in [-0.4, -0.2) is 49.3 Å². The summed E-state index contributed by atoms with van der Waals surface area (Å²) in [5.41, 5.74) is -0.0299. The summed E-state index contributed by atoms with van der Waals surface area (Å²) in [6.07, 6.45) is 5.48. The van der Waals surface area contributed by atoms with Crippen LogP contribution in [0.3, 0.4) is 0 Å². The third kappa shape index (κ3) is 6.29. The number of amides is 1. The second-order valence-electron chi connectivity index (χ2n) is 7.16. The highest BCUT2D eigenvalue weighted by molar-refractivity contribution is 5.97. The number of nitrogens with zero attached hydrogens (tertiary/aromatic N) is 1. The molecule has 1 heterocycles. The van der Waals surface area contributed by atoms with E-state index in [1.807, 2.05) is 45.0 Å². The molecule has 1 aliphatic heterocycles. The zero-order chi connectivity index (χ0) is 18.8. The lowest BCUT2D eigenvalue weighted by molar-refractivity contribution is -0.139. The second kappa shape index (κ2) is 10.5. The third-order valence-electron chi connectivity index (χ3n) is 5.02. The van der Waals surface area contributed by atoms with Crippen molar-refractivity contribution in [2.24, 2.45) is 0 Å². The summed E-state index contributed by atoms with van der Waals surface area (Å²) >= 11 is 0. The first-order valence-electron chi connectivity index (χ1n) is 9.98. The smallest absolute Gasteiger partial charge is 0.256 e. The Morgan fingerprint density at radius 2 is 1.81 bits per heavy atom. The summed E-state index contributed by atoms with van der Waals surface area (Å²) in [5, 5.41) is 2.95. The van der Waals surface area contributed by atoms with Gasteiger partial charge < -0.3 is 14.8 Å². The van der Waals surface area contributed by atoms with Crippen molar-refractivity contribution in [1.29, 1.82) is 0 Å². The Labute approximate surface area is 158 Å². The van der Waals surface area contributed by atoms with E-state index in [1.165, 1.54) is 32.4 Å². The Morgan fingerprint density at radius 1 is 1.12 bits per heavy atom. The van der Waals surface area contributed by atoms with E-state index < -0.39 is 5.60 Å². The number of carbonyl (C=O) groups is 1. The lowest BCUT2D eigenvalue weighted by Crippen LogP contribution is -2.42. The van der Waals surface area contributed by atoms with Gasteiger partial charge in [-0.1, -0.05) is 20.3 Å². The Kier molecular flexibility index (Phi) is 8.39. The van der Waals surface area contributed by atoms with Crippen molar-refractivity contribution in [3.05, 3.63) is 24.3 Å². The molecule has 0 saturated carbocycles. The lowest BCUT2D eigenvalue weighted by Gasteiger charge is -2.27. The predicted octanol–water partition coefficient (Wildman–Crippen LogP) is 4.09. The average molecular weight is 363 g/mol. The van der Waals surface area contributed by atoms with Gasteiger partial charge in [-0.2, -0.15) is 0 Å². The molecule has 1 aliphatic rings. The van der Waals surface area contributed by atoms with E-state index in [9.17, 15) is 4.79 Å². The number of benzene rings is 1. The van der Waals surface area contributed by atoms with Gasteiger partial charge in [-0.3, -0.25) is 9.69 Å². The number of hydrogen-bond acceptors (Lipinski definition) is 4. The summed E-state index contributed by atoms with van der Waals surface area (Å²) in [6, 6.07) is 7.57. The normalized spacial score (nSPS) is 17.5. The second-order valence-corrected chi connectivity index (χ2v) is 7.16. The summed E-state index contributed by atoms with van der Waals surface area (Å²) in [4.78, 5) is 15.0. The first-order chi connectivity index (χ1) is 12.6. The topological polar surface area (TPSA) is 50.8 Å². The van der Waals surface area contributed by atoms with E-state index in [4.69, 9.17) is 9.47 Å². The van der Waals surface area contributed by atoms with E-state index in [0.717, 1.165) is 24.4 Å². The van der Waals surface area contributed by atoms with E-state index in [2.05, 4.69) is 10.2 Å². The summed E-state index contributed by atoms with van der Waals surface area (Å²) in [5.74, 6) is 0.729. The minimum Gasteiger partial charge on any atom is -0.492 e. The highest BCUT2D eigenvalue weighted by Gasteiger charge is 2.32. The van der Waals surface area contributed by atoms with Gasteiger partial charge in [0, 0.05) is 18.8 Å². The molecule has 1 saturated heterocycles. The molecule has 0 radical (unpaired) electrons. The number of carbonyl (C=O) groups excluding carboxylic acids is 1. The highest BCUT2D eigenvalue weighted by atomic mass is 16.5. The van der Waals surface area contributed by atoms with Crippen molar-refractivity contribution >= 4 is 11.6 Å². The van der Waals surface area contributed by atoms with Gasteiger partial charge in [0.25, 0.3) is 5.91 Å². The maximum atomic E-state index is 12.5. The zero-order valence-electron chi connectivity index (χ0n) is 16.6. The van der Waals surface area contributed by atoms with Crippen molar-refractivity contribution in [2.45, 2.75) is 58.5 Å². The molecule has 26 heavy (non-hydrogen) atoms. The molecule has 146 valence electrons.